The zero-order chi connectivity index (χ0) is 13.7. The maximum Gasteiger partial charge on any atom is 0.0476 e. The first-order valence-electron chi connectivity index (χ1n) is 7.05. The van der Waals surface area contributed by atoms with Crippen LogP contribution < -0.4 is 4.90 Å². The van der Waals surface area contributed by atoms with Crippen LogP contribution in [0.3, 0.4) is 0 Å². The lowest BCUT2D eigenvalue weighted by Crippen LogP contribution is -2.19. The average Bonchev–Trinajstić information content (AvgIpc) is 2.34. The molecular weight excluding hydrogens is 218 g/mol. The van der Waals surface area contributed by atoms with E-state index in [1.807, 2.05) is 0 Å². The lowest BCUT2D eigenvalue weighted by Gasteiger charge is -2.28. The van der Waals surface area contributed by atoms with Crippen molar-refractivity contribution in [3.8, 4) is 0 Å². The van der Waals surface area contributed by atoms with E-state index >= 15 is 0 Å². The highest BCUT2D eigenvalue weighted by atomic mass is 15.1. The minimum Gasteiger partial charge on any atom is -0.348 e. The zero-order valence-electron chi connectivity index (χ0n) is 12.7. The molecule has 0 aromatic heterocycles. The van der Waals surface area contributed by atoms with Crippen molar-refractivity contribution < 1.29 is 0 Å². The zero-order valence-corrected chi connectivity index (χ0v) is 12.7. The smallest absolute Gasteiger partial charge is 0.0476 e. The minimum absolute atomic E-state index is 0.554. The van der Waals surface area contributed by atoms with E-state index in [2.05, 4.69) is 76.9 Å². The van der Waals surface area contributed by atoms with E-state index in [-0.39, 0.29) is 0 Å². The van der Waals surface area contributed by atoms with E-state index in [0.717, 1.165) is 6.54 Å². The van der Waals surface area contributed by atoms with Gasteiger partial charge in [-0.3, -0.25) is 0 Å². The van der Waals surface area contributed by atoms with Crippen molar-refractivity contribution in [1.29, 1.82) is 0 Å². The highest BCUT2D eigenvalue weighted by molar-refractivity contribution is 5.63. The maximum atomic E-state index is 2.37. The van der Waals surface area contributed by atoms with Crippen LogP contribution in [0.4, 0.5) is 5.69 Å². The first-order valence-corrected chi connectivity index (χ1v) is 7.05. The molecule has 0 unspecified atom stereocenters. The molecule has 1 nitrogen and oxygen atoms in total. The van der Waals surface area contributed by atoms with E-state index in [0.29, 0.717) is 11.8 Å². The number of rotatable bonds is 5. The lowest BCUT2D eigenvalue weighted by atomic mass is 9.92. The van der Waals surface area contributed by atoms with Gasteiger partial charge in [-0.05, 0) is 43.0 Å². The predicted molar refractivity (Wildman–Crippen MR) is 82.5 cm³/mol. The molecule has 1 heteroatoms. The summed E-state index contributed by atoms with van der Waals surface area (Å²) in [4.78, 5) is 2.37. The van der Waals surface area contributed by atoms with Gasteiger partial charge in [0.1, 0.15) is 0 Å². The topological polar surface area (TPSA) is 3.24 Å². The number of nitrogens with zero attached hydrogens (tertiary/aromatic N) is 1. The van der Waals surface area contributed by atoms with Crippen LogP contribution in [0.5, 0.6) is 0 Å². The number of hydrogen-bond acceptors (Lipinski definition) is 1. The molecule has 0 aliphatic carbocycles. The Bertz CT molecular complexity index is 376. The molecule has 0 N–H and O–H groups in total. The van der Waals surface area contributed by atoms with Crippen LogP contribution in [0.1, 0.15) is 64.5 Å². The van der Waals surface area contributed by atoms with Crippen LogP contribution >= 0.6 is 0 Å². The third kappa shape index (κ3) is 3.16. The summed E-state index contributed by atoms with van der Waals surface area (Å²) in [6.45, 7) is 14.4. The van der Waals surface area contributed by atoms with Crippen LogP contribution in [-0.4, -0.2) is 6.54 Å². The Morgan fingerprint density at radius 2 is 1.56 bits per heavy atom. The minimum atomic E-state index is 0.554. The van der Waals surface area contributed by atoms with Crippen LogP contribution in [0.15, 0.2) is 30.5 Å². The monoisotopic (exact) mass is 245 g/mol. The Morgan fingerprint density at radius 3 is 1.89 bits per heavy atom. The standard InChI is InChI=1S/C17H27N/c1-7-12-18(8-2)17-15(13(3)4)10-9-11-16(17)14(5)6/h7,9-14H,8H2,1-6H3/b12-7-. The van der Waals surface area contributed by atoms with Crippen molar-refractivity contribution in [3.63, 3.8) is 0 Å². The SMILES string of the molecule is C/C=C\N(CC)c1c(C(C)C)cccc1C(C)C. The second-order valence-corrected chi connectivity index (χ2v) is 5.36. The molecule has 0 saturated carbocycles. The molecule has 0 heterocycles. The van der Waals surface area contributed by atoms with Gasteiger partial charge in [-0.2, -0.15) is 0 Å². The second-order valence-electron chi connectivity index (χ2n) is 5.36. The van der Waals surface area contributed by atoms with Gasteiger partial charge >= 0.3 is 0 Å². The predicted octanol–water partition coefficient (Wildman–Crippen LogP) is 5.29. The molecule has 0 saturated heterocycles. The molecule has 100 valence electrons. The van der Waals surface area contributed by atoms with Gasteiger partial charge in [0.05, 0.1) is 0 Å². The summed E-state index contributed by atoms with van der Waals surface area (Å²) in [5, 5.41) is 0. The molecule has 0 radical (unpaired) electrons. The normalized spacial score (nSPS) is 11.8. The van der Waals surface area contributed by atoms with Gasteiger partial charge in [0.2, 0.25) is 0 Å². The number of allylic oxidation sites excluding steroid dienone is 1. The molecule has 0 amide bonds. The van der Waals surface area contributed by atoms with E-state index in [9.17, 15) is 0 Å². The first kappa shape index (κ1) is 14.8. The third-order valence-electron chi connectivity index (χ3n) is 3.30. The van der Waals surface area contributed by atoms with Crippen LogP contribution in [0.2, 0.25) is 0 Å². The van der Waals surface area contributed by atoms with Gasteiger partial charge in [0.15, 0.2) is 0 Å². The van der Waals surface area contributed by atoms with E-state index in [1.54, 1.807) is 0 Å². The molecule has 1 aromatic carbocycles. The highest BCUT2D eigenvalue weighted by Gasteiger charge is 2.16. The Morgan fingerprint density at radius 1 is 1.06 bits per heavy atom. The van der Waals surface area contributed by atoms with Gasteiger partial charge in [-0.1, -0.05) is 52.0 Å². The summed E-state index contributed by atoms with van der Waals surface area (Å²) in [5.41, 5.74) is 4.30. The Kier molecular flexibility index (Phi) is 5.46. The van der Waals surface area contributed by atoms with Crippen LogP contribution in [-0.2, 0) is 0 Å². The van der Waals surface area contributed by atoms with E-state index in [4.69, 9.17) is 0 Å². The molecule has 0 aliphatic rings. The van der Waals surface area contributed by atoms with Gasteiger partial charge in [-0.15, -0.1) is 0 Å². The van der Waals surface area contributed by atoms with Gasteiger partial charge in [-0.25, -0.2) is 0 Å². The molecule has 18 heavy (non-hydrogen) atoms. The molecule has 0 fully saturated rings. The quantitative estimate of drug-likeness (QED) is 0.681. The number of para-hydroxylation sites is 1. The lowest BCUT2D eigenvalue weighted by molar-refractivity contribution is 0.817. The summed E-state index contributed by atoms with van der Waals surface area (Å²) in [5.74, 6) is 1.11. The van der Waals surface area contributed by atoms with Crippen molar-refractivity contribution in [2.45, 2.75) is 53.4 Å². The van der Waals surface area contributed by atoms with Crippen molar-refractivity contribution in [2.24, 2.45) is 0 Å². The largest absolute Gasteiger partial charge is 0.348 e. The van der Waals surface area contributed by atoms with Gasteiger partial charge in [0, 0.05) is 12.2 Å². The Balaban J connectivity index is 3.43. The Labute approximate surface area is 113 Å². The molecular formula is C17H27N. The van der Waals surface area contributed by atoms with Crippen LogP contribution in [0, 0.1) is 0 Å². The molecule has 0 bridgehead atoms. The summed E-state index contributed by atoms with van der Waals surface area (Å²) >= 11 is 0. The third-order valence-corrected chi connectivity index (χ3v) is 3.30. The first-order chi connectivity index (χ1) is 8.52. The second kappa shape index (κ2) is 6.63. The molecule has 1 rings (SSSR count). The summed E-state index contributed by atoms with van der Waals surface area (Å²) in [7, 11) is 0. The maximum absolute atomic E-state index is 2.37. The van der Waals surface area contributed by atoms with Crippen molar-refractivity contribution in [1.82, 2.24) is 0 Å². The van der Waals surface area contributed by atoms with Gasteiger partial charge in [0.25, 0.3) is 0 Å². The number of hydrogen-bond donors (Lipinski definition) is 0. The molecule has 0 spiro atoms. The Hall–Kier alpha value is -1.24. The highest BCUT2D eigenvalue weighted by Crippen LogP contribution is 2.35. The summed E-state index contributed by atoms with van der Waals surface area (Å²) in [6.07, 6.45) is 4.30. The van der Waals surface area contributed by atoms with Crippen molar-refractivity contribution >= 4 is 5.69 Å². The number of benzene rings is 1. The fraction of sp³-hybridized carbons (Fsp3) is 0.529. The number of anilines is 1. The fourth-order valence-electron chi connectivity index (χ4n) is 2.36. The average molecular weight is 245 g/mol. The van der Waals surface area contributed by atoms with Crippen molar-refractivity contribution in [3.05, 3.63) is 41.6 Å². The molecule has 0 aliphatic heterocycles. The molecule has 1 aromatic rings. The summed E-state index contributed by atoms with van der Waals surface area (Å²) in [6, 6.07) is 6.72. The van der Waals surface area contributed by atoms with Crippen molar-refractivity contribution in [2.75, 3.05) is 11.4 Å². The van der Waals surface area contributed by atoms with E-state index in [1.165, 1.54) is 16.8 Å². The summed E-state index contributed by atoms with van der Waals surface area (Å²) < 4.78 is 0. The van der Waals surface area contributed by atoms with Crippen LogP contribution in [0.25, 0.3) is 0 Å². The van der Waals surface area contributed by atoms with Gasteiger partial charge < -0.3 is 4.90 Å². The van der Waals surface area contributed by atoms with E-state index < -0.39 is 0 Å². The fourth-order valence-corrected chi connectivity index (χ4v) is 2.36. The molecule has 0 atom stereocenters.